The molecule has 1 aliphatic heterocycles. The fourth-order valence-electron chi connectivity index (χ4n) is 3.17. The van der Waals surface area contributed by atoms with Gasteiger partial charge in [0.15, 0.2) is 5.78 Å². The number of ether oxygens (including phenoxy) is 1. The predicted molar refractivity (Wildman–Crippen MR) is 104 cm³/mol. The smallest absolute Gasteiger partial charge is 0.243 e. The summed E-state index contributed by atoms with van der Waals surface area (Å²) in [4.78, 5) is 37.9. The van der Waals surface area contributed by atoms with E-state index >= 15 is 0 Å². The molecule has 7 heteroatoms. The number of hydrogen-bond donors (Lipinski definition) is 3. The SMILES string of the molecule is C[C@H](N)C(=O)N[C@@H](CC1CC1)C(=O)N[C@@H](Cc1ccccc1)C(=O)[C@@]1(C)CO1. The van der Waals surface area contributed by atoms with Crippen molar-refractivity contribution in [3.05, 3.63) is 35.9 Å². The monoisotopic (exact) mass is 387 g/mol. The van der Waals surface area contributed by atoms with Crippen LogP contribution in [0.4, 0.5) is 0 Å². The first-order valence-corrected chi connectivity index (χ1v) is 9.87. The summed E-state index contributed by atoms with van der Waals surface area (Å²) in [7, 11) is 0. The van der Waals surface area contributed by atoms with E-state index in [1.54, 1.807) is 13.8 Å². The second-order valence-corrected chi connectivity index (χ2v) is 8.16. The van der Waals surface area contributed by atoms with Gasteiger partial charge in [-0.15, -0.1) is 0 Å². The van der Waals surface area contributed by atoms with E-state index in [0.717, 1.165) is 18.4 Å². The Morgan fingerprint density at radius 1 is 1.14 bits per heavy atom. The molecule has 1 aliphatic carbocycles. The van der Waals surface area contributed by atoms with E-state index in [4.69, 9.17) is 10.5 Å². The van der Waals surface area contributed by atoms with Gasteiger partial charge < -0.3 is 21.1 Å². The number of nitrogens with one attached hydrogen (secondary N) is 2. The molecule has 3 rings (SSSR count). The maximum Gasteiger partial charge on any atom is 0.243 e. The normalized spacial score (nSPS) is 24.0. The molecular weight excluding hydrogens is 358 g/mol. The lowest BCUT2D eigenvalue weighted by Crippen LogP contribution is -2.55. The van der Waals surface area contributed by atoms with E-state index in [0.29, 0.717) is 25.4 Å². The quantitative estimate of drug-likeness (QED) is 0.512. The van der Waals surface area contributed by atoms with Crippen molar-refractivity contribution in [1.82, 2.24) is 10.6 Å². The Kier molecular flexibility index (Phi) is 6.15. The van der Waals surface area contributed by atoms with Crippen LogP contribution in [-0.4, -0.2) is 47.9 Å². The van der Waals surface area contributed by atoms with Gasteiger partial charge in [-0.25, -0.2) is 0 Å². The van der Waals surface area contributed by atoms with Crippen molar-refractivity contribution >= 4 is 17.6 Å². The van der Waals surface area contributed by atoms with Crippen molar-refractivity contribution in [3.63, 3.8) is 0 Å². The van der Waals surface area contributed by atoms with Crippen LogP contribution in [0.1, 0.15) is 38.7 Å². The van der Waals surface area contributed by atoms with Crippen LogP contribution in [0, 0.1) is 5.92 Å². The molecule has 0 bridgehead atoms. The second kappa shape index (κ2) is 8.41. The minimum absolute atomic E-state index is 0.145. The number of carbonyl (C=O) groups is 3. The van der Waals surface area contributed by atoms with Crippen LogP contribution < -0.4 is 16.4 Å². The zero-order valence-electron chi connectivity index (χ0n) is 16.4. The molecule has 1 aromatic rings. The molecule has 152 valence electrons. The van der Waals surface area contributed by atoms with Gasteiger partial charge in [0.25, 0.3) is 0 Å². The molecule has 4 atom stereocenters. The number of Topliss-reactive ketones (excluding diaryl/α,β-unsaturated/α-hetero) is 1. The highest BCUT2D eigenvalue weighted by Gasteiger charge is 2.50. The molecule has 0 aromatic heterocycles. The summed E-state index contributed by atoms with van der Waals surface area (Å²) in [5, 5.41) is 5.60. The lowest BCUT2D eigenvalue weighted by atomic mass is 9.94. The number of ketones is 1. The minimum Gasteiger partial charge on any atom is -0.361 e. The molecule has 2 aliphatic rings. The van der Waals surface area contributed by atoms with Gasteiger partial charge in [0, 0.05) is 0 Å². The van der Waals surface area contributed by atoms with E-state index in [9.17, 15) is 14.4 Å². The van der Waals surface area contributed by atoms with Crippen LogP contribution in [0.3, 0.4) is 0 Å². The van der Waals surface area contributed by atoms with Crippen LogP contribution >= 0.6 is 0 Å². The van der Waals surface area contributed by atoms with Gasteiger partial charge in [-0.1, -0.05) is 43.2 Å². The molecule has 2 amide bonds. The number of carbonyl (C=O) groups excluding carboxylic acids is 3. The standard InChI is InChI=1S/C21H29N3O4/c1-13(22)19(26)24-17(11-15-8-9-15)20(27)23-16(18(25)21(2)12-28-21)10-14-6-4-3-5-7-14/h3-7,13,15-17H,8-12,22H2,1-2H3,(H,23,27)(H,24,26)/t13-,16-,17-,21+/m0/s1. The van der Waals surface area contributed by atoms with E-state index in [1.165, 1.54) is 0 Å². The molecular formula is C21H29N3O4. The van der Waals surface area contributed by atoms with E-state index in [1.807, 2.05) is 30.3 Å². The maximum absolute atomic E-state index is 13.0. The molecule has 0 spiro atoms. The van der Waals surface area contributed by atoms with Crippen molar-refractivity contribution in [3.8, 4) is 0 Å². The summed E-state index contributed by atoms with van der Waals surface area (Å²) in [6, 6.07) is 7.43. The van der Waals surface area contributed by atoms with Crippen molar-refractivity contribution in [2.24, 2.45) is 11.7 Å². The van der Waals surface area contributed by atoms with E-state index in [2.05, 4.69) is 10.6 Å². The number of amides is 2. The first-order chi connectivity index (χ1) is 13.3. The highest BCUT2D eigenvalue weighted by molar-refractivity contribution is 5.98. The zero-order chi connectivity index (χ0) is 20.3. The average molecular weight is 387 g/mol. The second-order valence-electron chi connectivity index (χ2n) is 8.16. The summed E-state index contributed by atoms with van der Waals surface area (Å²) in [6.45, 7) is 3.67. The molecule has 1 saturated carbocycles. The lowest BCUT2D eigenvalue weighted by Gasteiger charge is -2.24. The first-order valence-electron chi connectivity index (χ1n) is 9.87. The lowest BCUT2D eigenvalue weighted by molar-refractivity contribution is -0.133. The topological polar surface area (TPSA) is 114 Å². The van der Waals surface area contributed by atoms with E-state index in [-0.39, 0.29) is 17.6 Å². The number of nitrogens with two attached hydrogens (primary N) is 1. The Bertz CT molecular complexity index is 726. The Hall–Kier alpha value is -2.25. The molecule has 1 heterocycles. The molecule has 0 unspecified atom stereocenters. The molecule has 28 heavy (non-hydrogen) atoms. The third-order valence-corrected chi connectivity index (χ3v) is 5.33. The van der Waals surface area contributed by atoms with Crippen molar-refractivity contribution in [2.75, 3.05) is 6.61 Å². The Morgan fingerprint density at radius 3 is 2.29 bits per heavy atom. The van der Waals surface area contributed by atoms with Crippen molar-refractivity contribution in [1.29, 1.82) is 0 Å². The summed E-state index contributed by atoms with van der Waals surface area (Å²) in [6.07, 6.45) is 3.04. The van der Waals surface area contributed by atoms with Crippen LogP contribution in [0.5, 0.6) is 0 Å². The number of hydrogen-bond acceptors (Lipinski definition) is 5. The fraction of sp³-hybridized carbons (Fsp3) is 0.571. The van der Waals surface area contributed by atoms with Crippen LogP contribution in [0.25, 0.3) is 0 Å². The molecule has 1 aromatic carbocycles. The Labute approximate surface area is 165 Å². The number of rotatable bonds is 10. The molecule has 7 nitrogen and oxygen atoms in total. The first kappa shape index (κ1) is 20.5. The highest BCUT2D eigenvalue weighted by Crippen LogP contribution is 2.34. The third-order valence-electron chi connectivity index (χ3n) is 5.33. The number of epoxide rings is 1. The molecule has 4 N–H and O–H groups in total. The highest BCUT2D eigenvalue weighted by atomic mass is 16.6. The summed E-state index contributed by atoms with van der Waals surface area (Å²) in [5.74, 6) is -0.436. The zero-order valence-corrected chi connectivity index (χ0v) is 16.4. The third kappa shape index (κ3) is 5.39. The molecule has 0 radical (unpaired) electrons. The minimum atomic E-state index is -0.840. The van der Waals surface area contributed by atoms with Crippen molar-refractivity contribution < 1.29 is 19.1 Å². The maximum atomic E-state index is 13.0. The number of benzene rings is 1. The predicted octanol–water partition coefficient (Wildman–Crippen LogP) is 0.704. The van der Waals surface area contributed by atoms with Gasteiger partial charge in [-0.3, -0.25) is 14.4 Å². The van der Waals surface area contributed by atoms with Gasteiger partial charge in [0.05, 0.1) is 18.7 Å². The summed E-state index contributed by atoms with van der Waals surface area (Å²) < 4.78 is 5.30. The van der Waals surface area contributed by atoms with Gasteiger partial charge in [-0.2, -0.15) is 0 Å². The van der Waals surface area contributed by atoms with E-state index < -0.39 is 23.7 Å². The fourth-order valence-corrected chi connectivity index (χ4v) is 3.17. The van der Waals surface area contributed by atoms with Crippen LogP contribution in [0.15, 0.2) is 30.3 Å². The van der Waals surface area contributed by atoms with Crippen LogP contribution in [0.2, 0.25) is 0 Å². The Morgan fingerprint density at radius 2 is 1.75 bits per heavy atom. The van der Waals surface area contributed by atoms with Crippen molar-refractivity contribution in [2.45, 2.75) is 63.3 Å². The summed E-state index contributed by atoms with van der Waals surface area (Å²) in [5.41, 5.74) is 5.74. The van der Waals surface area contributed by atoms with Crippen LogP contribution in [-0.2, 0) is 25.5 Å². The van der Waals surface area contributed by atoms with Gasteiger partial charge in [-0.05, 0) is 38.2 Å². The van der Waals surface area contributed by atoms with Gasteiger partial charge in [0.1, 0.15) is 11.6 Å². The largest absolute Gasteiger partial charge is 0.361 e. The average Bonchev–Trinajstić information content (AvgIpc) is 3.59. The molecule has 2 fully saturated rings. The molecule has 1 saturated heterocycles. The van der Waals surface area contributed by atoms with Gasteiger partial charge in [0.2, 0.25) is 11.8 Å². The Balaban J connectivity index is 1.71. The summed E-state index contributed by atoms with van der Waals surface area (Å²) >= 11 is 0. The van der Waals surface area contributed by atoms with Gasteiger partial charge >= 0.3 is 0 Å².